The molecule has 1 spiro atoms. The Hall–Kier alpha value is -3.12. The van der Waals surface area contributed by atoms with Crippen molar-refractivity contribution in [3.63, 3.8) is 0 Å². The van der Waals surface area contributed by atoms with Crippen LogP contribution in [0.15, 0.2) is 58.5 Å². The van der Waals surface area contributed by atoms with Gasteiger partial charge in [0.25, 0.3) is 0 Å². The van der Waals surface area contributed by atoms with Crippen LogP contribution in [0, 0.1) is 19.8 Å². The van der Waals surface area contributed by atoms with E-state index < -0.39 is 5.60 Å². The molecule has 6 rings (SSSR count). The molecule has 5 nitrogen and oxygen atoms in total. The summed E-state index contributed by atoms with van der Waals surface area (Å²) in [6.07, 6.45) is 6.58. The normalized spacial score (nSPS) is 23.3. The van der Waals surface area contributed by atoms with Crippen LogP contribution in [0.4, 0.5) is 0 Å². The molecule has 0 N–H and O–H groups in total. The van der Waals surface area contributed by atoms with Crippen LogP contribution >= 0.6 is 11.8 Å². The Kier molecular flexibility index (Phi) is 4.31. The number of benzene rings is 2. The summed E-state index contributed by atoms with van der Waals surface area (Å²) in [5, 5.41) is 0.178. The van der Waals surface area contributed by atoms with Gasteiger partial charge in [-0.2, -0.15) is 0 Å². The predicted molar refractivity (Wildman–Crippen MR) is 127 cm³/mol. The lowest BCUT2D eigenvalue weighted by Gasteiger charge is -2.40. The topological polar surface area (TPSA) is 54.0 Å². The summed E-state index contributed by atoms with van der Waals surface area (Å²) >= 11 is 1.60. The molecular formula is C27H24O5S. The van der Waals surface area contributed by atoms with E-state index in [0.29, 0.717) is 16.4 Å². The number of rotatable bonds is 2. The highest BCUT2D eigenvalue weighted by molar-refractivity contribution is 8.05. The average Bonchev–Trinajstić information content (AvgIpc) is 3.31. The Bertz CT molecular complexity index is 1270. The number of ether oxygens (including phenoxy) is 4. The lowest BCUT2D eigenvalue weighted by Crippen LogP contribution is -2.38. The van der Waals surface area contributed by atoms with Gasteiger partial charge >= 0.3 is 5.97 Å². The second kappa shape index (κ2) is 6.94. The molecule has 6 heteroatoms. The Balaban J connectivity index is 1.68. The molecule has 4 aliphatic rings. The number of hydrogen-bond acceptors (Lipinski definition) is 6. The molecule has 1 aliphatic carbocycles. The van der Waals surface area contributed by atoms with E-state index in [4.69, 9.17) is 18.9 Å². The lowest BCUT2D eigenvalue weighted by molar-refractivity contribution is -0.144. The van der Waals surface area contributed by atoms with Gasteiger partial charge < -0.3 is 18.9 Å². The van der Waals surface area contributed by atoms with Gasteiger partial charge in [0.2, 0.25) is 0 Å². The van der Waals surface area contributed by atoms with E-state index in [0.717, 1.165) is 39.3 Å². The molecule has 0 bridgehead atoms. The minimum absolute atomic E-state index is 0.0602. The molecule has 0 saturated heterocycles. The summed E-state index contributed by atoms with van der Waals surface area (Å²) in [6, 6.07) is 7.84. The first-order valence-electron chi connectivity index (χ1n) is 10.9. The first-order valence-corrected chi connectivity index (χ1v) is 11.8. The molecule has 2 atom stereocenters. The van der Waals surface area contributed by atoms with E-state index in [2.05, 4.69) is 25.2 Å². The van der Waals surface area contributed by atoms with Gasteiger partial charge in [0.05, 0.1) is 19.1 Å². The van der Waals surface area contributed by atoms with Crippen LogP contribution in [0.2, 0.25) is 0 Å². The molecule has 0 amide bonds. The van der Waals surface area contributed by atoms with E-state index in [1.165, 1.54) is 5.57 Å². The summed E-state index contributed by atoms with van der Waals surface area (Å²) in [4.78, 5) is 14.1. The number of carbonyl (C=O) groups is 1. The maximum absolute atomic E-state index is 13.4. The van der Waals surface area contributed by atoms with Gasteiger partial charge in [-0.25, -0.2) is 4.79 Å². The summed E-state index contributed by atoms with van der Waals surface area (Å²) in [7, 11) is 3.29. The average molecular weight is 461 g/mol. The highest BCUT2D eigenvalue weighted by Crippen LogP contribution is 2.64. The number of esters is 1. The minimum atomic E-state index is -1.06. The summed E-state index contributed by atoms with van der Waals surface area (Å²) < 4.78 is 23.9. The Morgan fingerprint density at radius 3 is 2.12 bits per heavy atom. The van der Waals surface area contributed by atoms with Crippen LogP contribution in [-0.4, -0.2) is 25.4 Å². The fourth-order valence-electron chi connectivity index (χ4n) is 5.47. The lowest BCUT2D eigenvalue weighted by atomic mass is 9.71. The van der Waals surface area contributed by atoms with Gasteiger partial charge in [-0.05, 0) is 44.0 Å². The van der Waals surface area contributed by atoms with E-state index >= 15 is 0 Å². The first-order chi connectivity index (χ1) is 15.9. The van der Waals surface area contributed by atoms with Crippen LogP contribution in [0.1, 0.15) is 29.2 Å². The molecule has 2 aromatic carbocycles. The van der Waals surface area contributed by atoms with Crippen molar-refractivity contribution in [2.45, 2.75) is 31.6 Å². The number of aryl methyl sites for hydroxylation is 2. The molecule has 3 aliphatic heterocycles. The van der Waals surface area contributed by atoms with Crippen molar-refractivity contribution in [1.82, 2.24) is 0 Å². The number of thioether (sulfide) groups is 1. The van der Waals surface area contributed by atoms with Crippen molar-refractivity contribution in [2.24, 2.45) is 5.92 Å². The van der Waals surface area contributed by atoms with Gasteiger partial charge in [0.15, 0.2) is 5.60 Å². The van der Waals surface area contributed by atoms with Crippen LogP contribution in [-0.2, 0) is 15.1 Å². The molecule has 0 saturated carbocycles. The molecule has 0 radical (unpaired) electrons. The summed E-state index contributed by atoms with van der Waals surface area (Å²) in [5.41, 5.74) is 4.70. The molecule has 0 aromatic heterocycles. The fraction of sp³-hybridized carbons (Fsp3) is 0.296. The number of carbonyl (C=O) groups excluding carboxylic acids is 1. The molecule has 168 valence electrons. The standard InChI is InChI=1S/C27H24O5S/c1-13-6-7-23-16(8-13)24-25(33-23)26(28)32-27(24)17-9-14(2)19(29-4)11-21(17)31-22-12-20(30-5)15(3)10-18(22)27/h6-12,16,23H,1-5H3. The molecule has 2 unspecified atom stereocenters. The van der Waals surface area contributed by atoms with Gasteiger partial charge in [-0.1, -0.05) is 23.8 Å². The molecule has 33 heavy (non-hydrogen) atoms. The van der Waals surface area contributed by atoms with Crippen LogP contribution in [0.5, 0.6) is 23.0 Å². The quantitative estimate of drug-likeness (QED) is 0.534. The Morgan fingerprint density at radius 1 is 0.939 bits per heavy atom. The zero-order valence-electron chi connectivity index (χ0n) is 19.1. The predicted octanol–water partition coefficient (Wildman–Crippen LogP) is 5.73. The fourth-order valence-corrected chi connectivity index (χ4v) is 6.80. The van der Waals surface area contributed by atoms with E-state index in [1.807, 2.05) is 38.1 Å². The summed E-state index contributed by atoms with van der Waals surface area (Å²) in [6.45, 7) is 6.08. The van der Waals surface area contributed by atoms with E-state index in [1.54, 1.807) is 26.0 Å². The maximum Gasteiger partial charge on any atom is 0.346 e. The smallest absolute Gasteiger partial charge is 0.346 e. The van der Waals surface area contributed by atoms with Gasteiger partial charge in [0.1, 0.15) is 23.0 Å². The van der Waals surface area contributed by atoms with Crippen molar-refractivity contribution in [1.29, 1.82) is 0 Å². The Labute approximate surface area is 197 Å². The Morgan fingerprint density at radius 2 is 1.55 bits per heavy atom. The highest BCUT2D eigenvalue weighted by atomic mass is 32.2. The van der Waals surface area contributed by atoms with Crippen LogP contribution in [0.3, 0.4) is 0 Å². The molecule has 0 fully saturated rings. The minimum Gasteiger partial charge on any atom is -0.496 e. The van der Waals surface area contributed by atoms with Crippen LogP contribution < -0.4 is 14.2 Å². The highest BCUT2D eigenvalue weighted by Gasteiger charge is 2.60. The van der Waals surface area contributed by atoms with Crippen LogP contribution in [0.25, 0.3) is 0 Å². The van der Waals surface area contributed by atoms with Gasteiger partial charge in [-0.3, -0.25) is 0 Å². The van der Waals surface area contributed by atoms with E-state index in [-0.39, 0.29) is 17.1 Å². The van der Waals surface area contributed by atoms with Crippen molar-refractivity contribution in [2.75, 3.05) is 14.2 Å². The third kappa shape index (κ3) is 2.64. The van der Waals surface area contributed by atoms with E-state index in [9.17, 15) is 4.79 Å². The van der Waals surface area contributed by atoms with Gasteiger partial charge in [0, 0.05) is 40.0 Å². The SMILES string of the molecule is COc1cc2c(cc1C)C1(OC(=O)C3=C1C1C=C(C)C=CC1S3)c1cc(C)c(OC)cc1O2. The first kappa shape index (κ1) is 20.5. The number of allylic oxidation sites excluding steroid dienone is 3. The second-order valence-electron chi connectivity index (χ2n) is 8.93. The third-order valence-electron chi connectivity index (χ3n) is 6.96. The molecule has 3 heterocycles. The van der Waals surface area contributed by atoms with Crippen molar-refractivity contribution in [3.8, 4) is 23.0 Å². The summed E-state index contributed by atoms with van der Waals surface area (Å²) in [5.74, 6) is 2.48. The van der Waals surface area contributed by atoms with Crippen molar-refractivity contribution in [3.05, 3.63) is 80.8 Å². The largest absolute Gasteiger partial charge is 0.496 e. The zero-order valence-corrected chi connectivity index (χ0v) is 20.0. The monoisotopic (exact) mass is 460 g/mol. The molecule has 2 aromatic rings. The zero-order chi connectivity index (χ0) is 23.1. The van der Waals surface area contributed by atoms with Crippen molar-refractivity contribution < 1.29 is 23.7 Å². The van der Waals surface area contributed by atoms with Crippen molar-refractivity contribution >= 4 is 17.7 Å². The second-order valence-corrected chi connectivity index (χ2v) is 10.1. The number of fused-ring (bicyclic) bond motifs is 7. The number of hydrogen-bond donors (Lipinski definition) is 0. The van der Waals surface area contributed by atoms with Gasteiger partial charge in [-0.15, -0.1) is 11.8 Å². The third-order valence-corrected chi connectivity index (χ3v) is 8.30. The molecular weight excluding hydrogens is 436 g/mol. The number of methoxy groups -OCH3 is 2. The maximum atomic E-state index is 13.4.